The molecule has 1 heterocycles. The van der Waals surface area contributed by atoms with Crippen LogP contribution in [0.5, 0.6) is 0 Å². The molecule has 1 unspecified atom stereocenters. The van der Waals surface area contributed by atoms with Gasteiger partial charge in [-0.05, 0) is 37.5 Å². The van der Waals surface area contributed by atoms with E-state index in [1.165, 1.54) is 6.08 Å². The molecule has 0 aliphatic rings. The Morgan fingerprint density at radius 3 is 2.83 bits per heavy atom. The second-order valence-electron chi connectivity index (χ2n) is 5.20. The van der Waals surface area contributed by atoms with Crippen LogP contribution < -0.4 is 11.1 Å². The van der Waals surface area contributed by atoms with Gasteiger partial charge < -0.3 is 15.5 Å². The summed E-state index contributed by atoms with van der Waals surface area (Å²) in [5.74, 6) is 0.983. The number of carbonyl (C=O) groups is 1. The third kappa shape index (κ3) is 4.75. The number of furan rings is 1. The fourth-order valence-corrected chi connectivity index (χ4v) is 1.97. The Labute approximate surface area is 108 Å². The average Bonchev–Trinajstić information content (AvgIpc) is 2.78. The van der Waals surface area contributed by atoms with Gasteiger partial charge in [0.2, 0.25) is 5.91 Å². The molecule has 0 bridgehead atoms. The van der Waals surface area contributed by atoms with E-state index < -0.39 is 0 Å². The Bertz CT molecular complexity index is 396. The van der Waals surface area contributed by atoms with E-state index in [1.807, 2.05) is 6.92 Å². The van der Waals surface area contributed by atoms with Crippen LogP contribution >= 0.6 is 0 Å². The van der Waals surface area contributed by atoms with Crippen molar-refractivity contribution in [2.75, 3.05) is 6.54 Å². The molecule has 0 aromatic carbocycles. The van der Waals surface area contributed by atoms with Gasteiger partial charge in [-0.15, -0.1) is 0 Å². The zero-order valence-electron chi connectivity index (χ0n) is 11.3. The molecule has 0 saturated carbocycles. The van der Waals surface area contributed by atoms with Crippen molar-refractivity contribution < 1.29 is 9.21 Å². The van der Waals surface area contributed by atoms with E-state index in [9.17, 15) is 4.79 Å². The maximum Gasteiger partial charge on any atom is 0.244 e. The smallest absolute Gasteiger partial charge is 0.244 e. The molecule has 1 amide bonds. The number of nitrogens with two attached hydrogens (primary N) is 1. The molecular formula is C14H22N2O2. The lowest BCUT2D eigenvalue weighted by atomic mass is 9.91. The molecule has 3 N–H and O–H groups in total. The summed E-state index contributed by atoms with van der Waals surface area (Å²) in [6, 6.07) is 3.57. The molecule has 1 atom stereocenters. The van der Waals surface area contributed by atoms with Crippen molar-refractivity contribution >= 4 is 12.0 Å². The first-order chi connectivity index (χ1) is 8.45. The summed E-state index contributed by atoms with van der Waals surface area (Å²) in [5.41, 5.74) is 5.37. The monoisotopic (exact) mass is 250 g/mol. The van der Waals surface area contributed by atoms with Crippen LogP contribution in [0.1, 0.15) is 33.0 Å². The topological polar surface area (TPSA) is 68.3 Å². The van der Waals surface area contributed by atoms with Crippen LogP contribution in [0.4, 0.5) is 0 Å². The van der Waals surface area contributed by atoms with Gasteiger partial charge in [0.15, 0.2) is 0 Å². The van der Waals surface area contributed by atoms with Gasteiger partial charge in [-0.1, -0.05) is 13.8 Å². The predicted molar refractivity (Wildman–Crippen MR) is 72.8 cm³/mol. The van der Waals surface area contributed by atoms with Gasteiger partial charge in [-0.3, -0.25) is 4.79 Å². The van der Waals surface area contributed by atoms with Gasteiger partial charge in [0.25, 0.3) is 0 Å². The molecule has 100 valence electrons. The van der Waals surface area contributed by atoms with E-state index in [4.69, 9.17) is 10.2 Å². The van der Waals surface area contributed by atoms with Crippen molar-refractivity contribution in [3.05, 3.63) is 30.2 Å². The van der Waals surface area contributed by atoms with Crippen molar-refractivity contribution in [1.82, 2.24) is 5.32 Å². The van der Waals surface area contributed by atoms with Crippen molar-refractivity contribution in [3.63, 3.8) is 0 Å². The molecule has 1 aromatic heterocycles. The summed E-state index contributed by atoms with van der Waals surface area (Å²) in [6.45, 7) is 6.61. The summed E-state index contributed by atoms with van der Waals surface area (Å²) >= 11 is 0. The molecule has 18 heavy (non-hydrogen) atoms. The molecule has 0 saturated heterocycles. The highest BCUT2D eigenvalue weighted by Gasteiger charge is 2.24. The Kier molecular flexibility index (Phi) is 5.16. The SMILES string of the molecule is CC(C)CC(C)(CN)NC(=O)/C=C/c1ccco1. The zero-order chi connectivity index (χ0) is 13.6. The number of hydrogen-bond acceptors (Lipinski definition) is 3. The van der Waals surface area contributed by atoms with Crippen LogP contribution in [0, 0.1) is 5.92 Å². The molecule has 0 spiro atoms. The highest BCUT2D eigenvalue weighted by molar-refractivity contribution is 5.91. The van der Waals surface area contributed by atoms with Crippen LogP contribution in [-0.2, 0) is 4.79 Å². The number of rotatable bonds is 6. The fraction of sp³-hybridized carbons (Fsp3) is 0.500. The summed E-state index contributed by atoms with van der Waals surface area (Å²) in [7, 11) is 0. The second kappa shape index (κ2) is 6.40. The number of amides is 1. The van der Waals surface area contributed by atoms with E-state index in [2.05, 4.69) is 19.2 Å². The van der Waals surface area contributed by atoms with Crippen molar-refractivity contribution in [1.29, 1.82) is 0 Å². The summed E-state index contributed by atoms with van der Waals surface area (Å²) in [6.07, 6.45) is 5.53. The quantitative estimate of drug-likeness (QED) is 0.760. The Hall–Kier alpha value is -1.55. The second-order valence-corrected chi connectivity index (χ2v) is 5.20. The van der Waals surface area contributed by atoms with Gasteiger partial charge in [0.05, 0.1) is 6.26 Å². The molecule has 0 aliphatic carbocycles. The first-order valence-electron chi connectivity index (χ1n) is 6.19. The normalized spacial score (nSPS) is 14.9. The Balaban J connectivity index is 2.57. The lowest BCUT2D eigenvalue weighted by Crippen LogP contribution is -2.51. The van der Waals surface area contributed by atoms with Gasteiger partial charge >= 0.3 is 0 Å². The molecule has 4 heteroatoms. The van der Waals surface area contributed by atoms with Gasteiger partial charge in [0.1, 0.15) is 5.76 Å². The summed E-state index contributed by atoms with van der Waals surface area (Å²) in [5, 5.41) is 2.94. The Morgan fingerprint density at radius 1 is 1.61 bits per heavy atom. The van der Waals surface area contributed by atoms with Crippen molar-refractivity contribution in [3.8, 4) is 0 Å². The van der Waals surface area contributed by atoms with Crippen LogP contribution in [0.15, 0.2) is 28.9 Å². The standard InChI is InChI=1S/C14H22N2O2/c1-11(2)9-14(3,10-15)16-13(17)7-6-12-5-4-8-18-12/h4-8,11H,9-10,15H2,1-3H3,(H,16,17)/b7-6+. The van der Waals surface area contributed by atoms with Crippen molar-refractivity contribution in [2.24, 2.45) is 11.7 Å². The minimum absolute atomic E-state index is 0.153. The molecular weight excluding hydrogens is 228 g/mol. The van der Waals surface area contributed by atoms with Crippen LogP contribution in [-0.4, -0.2) is 18.0 Å². The minimum Gasteiger partial charge on any atom is -0.465 e. The molecule has 1 rings (SSSR count). The van der Waals surface area contributed by atoms with Crippen LogP contribution in [0.25, 0.3) is 6.08 Å². The lowest BCUT2D eigenvalue weighted by molar-refractivity contribution is -0.118. The molecule has 4 nitrogen and oxygen atoms in total. The average molecular weight is 250 g/mol. The fourth-order valence-electron chi connectivity index (χ4n) is 1.97. The maximum absolute atomic E-state index is 11.8. The van der Waals surface area contributed by atoms with E-state index in [1.54, 1.807) is 24.5 Å². The van der Waals surface area contributed by atoms with Crippen LogP contribution in [0.3, 0.4) is 0 Å². The zero-order valence-corrected chi connectivity index (χ0v) is 11.3. The first-order valence-corrected chi connectivity index (χ1v) is 6.19. The van der Waals surface area contributed by atoms with E-state index in [0.717, 1.165) is 6.42 Å². The highest BCUT2D eigenvalue weighted by Crippen LogP contribution is 2.15. The summed E-state index contributed by atoms with van der Waals surface area (Å²) < 4.78 is 5.11. The van der Waals surface area contributed by atoms with E-state index in [0.29, 0.717) is 18.2 Å². The number of carbonyl (C=O) groups excluding carboxylic acids is 1. The van der Waals surface area contributed by atoms with Gasteiger partial charge in [-0.2, -0.15) is 0 Å². The third-order valence-electron chi connectivity index (χ3n) is 2.68. The predicted octanol–water partition coefficient (Wildman–Crippen LogP) is 2.17. The number of hydrogen-bond donors (Lipinski definition) is 2. The van der Waals surface area contributed by atoms with Gasteiger partial charge in [-0.25, -0.2) is 0 Å². The van der Waals surface area contributed by atoms with E-state index >= 15 is 0 Å². The Morgan fingerprint density at radius 2 is 2.33 bits per heavy atom. The van der Waals surface area contributed by atoms with Gasteiger partial charge in [0, 0.05) is 18.2 Å². The number of nitrogens with one attached hydrogen (secondary N) is 1. The highest BCUT2D eigenvalue weighted by atomic mass is 16.3. The third-order valence-corrected chi connectivity index (χ3v) is 2.68. The molecule has 1 aromatic rings. The minimum atomic E-state index is -0.362. The van der Waals surface area contributed by atoms with E-state index in [-0.39, 0.29) is 11.4 Å². The largest absolute Gasteiger partial charge is 0.465 e. The first kappa shape index (κ1) is 14.5. The molecule has 0 aliphatic heterocycles. The molecule has 0 radical (unpaired) electrons. The van der Waals surface area contributed by atoms with Crippen molar-refractivity contribution in [2.45, 2.75) is 32.7 Å². The van der Waals surface area contributed by atoms with Crippen LogP contribution in [0.2, 0.25) is 0 Å². The lowest BCUT2D eigenvalue weighted by Gasteiger charge is -2.30. The summed E-state index contributed by atoms with van der Waals surface area (Å²) in [4.78, 5) is 11.8. The maximum atomic E-state index is 11.8. The molecule has 0 fully saturated rings.